The number of hydrogen-bond acceptors (Lipinski definition) is 11. The first-order chi connectivity index (χ1) is 24.7. The molecule has 1 unspecified atom stereocenters. The van der Waals surface area contributed by atoms with Gasteiger partial charge in [0.2, 0.25) is 15.0 Å². The van der Waals surface area contributed by atoms with E-state index in [-0.39, 0.29) is 5.16 Å². The molecule has 5 aromatic rings. The predicted octanol–water partition coefficient (Wildman–Crippen LogP) is 6.86. The summed E-state index contributed by atoms with van der Waals surface area (Å²) in [5.41, 5.74) is 2.72. The fourth-order valence-electron chi connectivity index (χ4n) is 5.69. The minimum Gasteiger partial charge on any atom is -0.497 e. The summed E-state index contributed by atoms with van der Waals surface area (Å²) in [5, 5.41) is 3.55. The summed E-state index contributed by atoms with van der Waals surface area (Å²) in [6, 6.07) is 20.9. The first-order valence-electron chi connectivity index (χ1n) is 17.0. The van der Waals surface area contributed by atoms with Gasteiger partial charge in [-0.05, 0) is 86.7 Å². The van der Waals surface area contributed by atoms with Crippen LogP contribution in [-0.2, 0) is 39.5 Å². The van der Waals surface area contributed by atoms with Crippen molar-refractivity contribution in [3.8, 4) is 11.5 Å². The Morgan fingerprint density at radius 3 is 1.87 bits per heavy atom. The van der Waals surface area contributed by atoms with Crippen LogP contribution in [0.4, 0.5) is 17.5 Å². The van der Waals surface area contributed by atoms with Gasteiger partial charge in [-0.1, -0.05) is 38.1 Å². The van der Waals surface area contributed by atoms with Gasteiger partial charge >= 0.3 is 0 Å². The van der Waals surface area contributed by atoms with Crippen LogP contribution >= 0.6 is 0 Å². The first kappa shape index (κ1) is 38.6. The summed E-state index contributed by atoms with van der Waals surface area (Å²) < 4.78 is 52.8. The average Bonchev–Trinajstić information content (AvgIpc) is 3.13. The monoisotopic (exact) mass is 745 g/mol. The number of rotatable bonds is 15. The summed E-state index contributed by atoms with van der Waals surface area (Å²) in [6.07, 6.45) is 5.87. The quantitative estimate of drug-likeness (QED) is 0.108. The van der Waals surface area contributed by atoms with Crippen LogP contribution in [0.2, 0.25) is 0 Å². The average molecular weight is 746 g/mol. The highest BCUT2D eigenvalue weighted by molar-refractivity contribution is 7.90. The lowest BCUT2D eigenvalue weighted by atomic mass is 9.86. The van der Waals surface area contributed by atoms with Crippen molar-refractivity contribution in [3.63, 3.8) is 0 Å². The van der Waals surface area contributed by atoms with E-state index in [1.165, 1.54) is 0 Å². The van der Waals surface area contributed by atoms with E-state index >= 15 is 0 Å². The lowest BCUT2D eigenvalue weighted by molar-refractivity contribution is 0.370. The molecule has 12 nitrogen and oxygen atoms in total. The van der Waals surface area contributed by atoms with Gasteiger partial charge in [0.1, 0.15) is 29.0 Å². The Bertz CT molecular complexity index is 2090. The third kappa shape index (κ3) is 9.03. The molecule has 2 aromatic carbocycles. The number of ether oxygens (including phenoxy) is 2. The van der Waals surface area contributed by atoms with Crippen molar-refractivity contribution >= 4 is 49.2 Å². The smallest absolute Gasteiger partial charge is 0.249 e. The van der Waals surface area contributed by atoms with E-state index in [0.717, 1.165) is 34.4 Å². The summed E-state index contributed by atoms with van der Waals surface area (Å²) in [6.45, 7) is 10.8. The largest absolute Gasteiger partial charge is 0.497 e. The molecule has 0 fully saturated rings. The molecule has 0 aliphatic heterocycles. The Labute approximate surface area is 308 Å². The van der Waals surface area contributed by atoms with Crippen LogP contribution in [0, 0.1) is 0 Å². The summed E-state index contributed by atoms with van der Waals surface area (Å²) in [5.74, 6) is 2.82. The Morgan fingerprint density at radius 2 is 1.37 bits per heavy atom. The molecule has 52 heavy (non-hydrogen) atoms. The number of pyridine rings is 2. The van der Waals surface area contributed by atoms with Crippen LogP contribution in [0.1, 0.15) is 64.2 Å². The molecular weight excluding hydrogens is 699 g/mol. The summed E-state index contributed by atoms with van der Waals surface area (Å²) >= 11 is 0. The number of nitrogens with zero attached hydrogens (tertiary/aromatic N) is 5. The summed E-state index contributed by atoms with van der Waals surface area (Å²) in [4.78, 5) is 20.4. The molecule has 2 N–H and O–H groups in total. The summed E-state index contributed by atoms with van der Waals surface area (Å²) in [7, 11) is -1.86. The van der Waals surface area contributed by atoms with E-state index in [0.29, 0.717) is 54.3 Å². The normalized spacial score (nSPS) is 12.8. The minimum absolute atomic E-state index is 0.296. The molecule has 0 aliphatic rings. The number of sulfone groups is 1. The standard InChI is InChI=1S/C38H47N7O5S2/c1-9-38(10-2,44-51(46)37(3,4)5)28-19-20-39-33(21-28)42-34-22-32-31(23-40-34)35(43-36(41-32)52(8,47)48)45(24-26-11-15-29(49-6)16-12-26)25-27-13-17-30(50-7)18-14-27/h11-23,44H,9-10,24-25H2,1-8H3,(H,39,40,42). The number of hydrogen-bond donors (Lipinski definition) is 2. The topological polar surface area (TPSA) is 149 Å². The molecule has 276 valence electrons. The molecule has 1 atom stereocenters. The first-order valence-corrected chi connectivity index (χ1v) is 20.0. The molecule has 0 spiro atoms. The molecular formula is C38H47N7O5S2. The van der Waals surface area contributed by atoms with E-state index in [1.807, 2.05) is 86.3 Å². The highest BCUT2D eigenvalue weighted by atomic mass is 32.2. The Balaban J connectivity index is 1.56. The van der Waals surface area contributed by atoms with Crippen molar-refractivity contribution < 1.29 is 22.1 Å². The third-order valence-electron chi connectivity index (χ3n) is 8.86. The SMILES string of the molecule is CCC(CC)(NS(=O)C(C)(C)C)c1ccnc(Nc2cc3nc(S(C)(=O)=O)nc(N(Cc4ccc(OC)cc4)Cc4ccc(OC)cc4)c3cn2)c1. The Hall–Kier alpha value is -4.66. The van der Waals surface area contributed by atoms with Gasteiger partial charge in [-0.25, -0.2) is 37.3 Å². The van der Waals surface area contributed by atoms with Crippen LogP contribution in [0.15, 0.2) is 84.3 Å². The fourth-order valence-corrected chi connectivity index (χ4v) is 7.28. The second kappa shape index (κ2) is 15.9. The molecule has 0 saturated carbocycles. The van der Waals surface area contributed by atoms with Gasteiger partial charge in [-0.3, -0.25) is 0 Å². The van der Waals surface area contributed by atoms with E-state index in [1.54, 1.807) is 32.7 Å². The van der Waals surface area contributed by atoms with E-state index in [4.69, 9.17) is 14.5 Å². The van der Waals surface area contributed by atoms with Crippen molar-refractivity contribution in [1.82, 2.24) is 24.7 Å². The van der Waals surface area contributed by atoms with Gasteiger partial charge in [0, 0.05) is 37.8 Å². The highest BCUT2D eigenvalue weighted by Crippen LogP contribution is 2.33. The number of nitrogens with one attached hydrogen (secondary N) is 2. The number of aromatic nitrogens is 4. The van der Waals surface area contributed by atoms with Crippen LogP contribution in [0.5, 0.6) is 11.5 Å². The van der Waals surface area contributed by atoms with Crippen molar-refractivity contribution in [2.75, 3.05) is 30.7 Å². The number of anilines is 3. The lowest BCUT2D eigenvalue weighted by Crippen LogP contribution is -2.47. The molecule has 0 bridgehead atoms. The number of fused-ring (bicyclic) bond motifs is 1. The zero-order chi connectivity index (χ0) is 37.7. The fraction of sp³-hybridized carbons (Fsp3) is 0.368. The highest BCUT2D eigenvalue weighted by Gasteiger charge is 2.34. The van der Waals surface area contributed by atoms with Crippen molar-refractivity contribution in [3.05, 3.63) is 95.8 Å². The van der Waals surface area contributed by atoms with Gasteiger partial charge in [0.15, 0.2) is 0 Å². The number of benzene rings is 2. The zero-order valence-corrected chi connectivity index (χ0v) is 32.6. The Kier molecular flexibility index (Phi) is 11.8. The van der Waals surface area contributed by atoms with Crippen LogP contribution in [-0.4, -0.2) is 57.8 Å². The van der Waals surface area contributed by atoms with Crippen LogP contribution < -0.4 is 24.4 Å². The van der Waals surface area contributed by atoms with Gasteiger partial charge in [-0.15, -0.1) is 0 Å². The van der Waals surface area contributed by atoms with Gasteiger partial charge in [-0.2, -0.15) is 0 Å². The van der Waals surface area contributed by atoms with Gasteiger partial charge in [0.25, 0.3) is 0 Å². The molecule has 0 amide bonds. The molecule has 3 heterocycles. The molecule has 14 heteroatoms. The van der Waals surface area contributed by atoms with Crippen molar-refractivity contribution in [2.24, 2.45) is 0 Å². The maximum Gasteiger partial charge on any atom is 0.249 e. The third-order valence-corrected chi connectivity index (χ3v) is 11.4. The second-order valence-electron chi connectivity index (χ2n) is 13.6. The minimum atomic E-state index is -3.80. The Morgan fingerprint density at radius 1 is 0.808 bits per heavy atom. The van der Waals surface area contributed by atoms with Gasteiger partial charge in [0.05, 0.1) is 46.4 Å². The van der Waals surface area contributed by atoms with Crippen LogP contribution in [0.25, 0.3) is 10.9 Å². The van der Waals surface area contributed by atoms with E-state index in [2.05, 4.69) is 38.8 Å². The number of methoxy groups -OCH3 is 2. The molecule has 0 aliphatic carbocycles. The van der Waals surface area contributed by atoms with Crippen LogP contribution in [0.3, 0.4) is 0 Å². The molecule has 0 saturated heterocycles. The zero-order valence-electron chi connectivity index (χ0n) is 30.9. The molecule has 5 rings (SSSR count). The van der Waals surface area contributed by atoms with E-state index < -0.39 is 31.1 Å². The van der Waals surface area contributed by atoms with Gasteiger partial charge < -0.3 is 19.7 Å². The van der Waals surface area contributed by atoms with E-state index in [9.17, 15) is 12.6 Å². The maximum absolute atomic E-state index is 13.2. The molecule has 0 radical (unpaired) electrons. The molecule has 3 aromatic heterocycles. The predicted molar refractivity (Wildman–Crippen MR) is 207 cm³/mol. The maximum atomic E-state index is 13.2. The van der Waals surface area contributed by atoms with Crippen molar-refractivity contribution in [1.29, 1.82) is 0 Å². The second-order valence-corrected chi connectivity index (χ2v) is 17.4. The van der Waals surface area contributed by atoms with Crippen molar-refractivity contribution in [2.45, 2.75) is 76.0 Å². The lowest BCUT2D eigenvalue weighted by Gasteiger charge is -2.35.